The van der Waals surface area contributed by atoms with Gasteiger partial charge in [0.05, 0.1) is 28.4 Å². The molecule has 20 aromatic carbocycles. The summed E-state index contributed by atoms with van der Waals surface area (Å²) in [6.07, 6.45) is 6.04. The number of methoxy groups -OCH3 is 4. The van der Waals surface area contributed by atoms with E-state index in [1.54, 1.807) is 28.4 Å². The van der Waals surface area contributed by atoms with Crippen molar-refractivity contribution in [3.63, 3.8) is 0 Å². The van der Waals surface area contributed by atoms with E-state index in [-0.39, 0.29) is 109 Å². The van der Waals surface area contributed by atoms with E-state index in [2.05, 4.69) is 400 Å². The van der Waals surface area contributed by atoms with Crippen LogP contribution < -0.4 is 18.9 Å². The zero-order chi connectivity index (χ0) is 103. The molecule has 0 heterocycles. The number of benzene rings is 16. The number of ether oxygens (including phenoxy) is 4. The van der Waals surface area contributed by atoms with Crippen molar-refractivity contribution in [2.75, 3.05) is 99.5 Å². The molecule has 14 nitrogen and oxygen atoms in total. The molecule has 0 spiro atoms. The van der Waals surface area contributed by atoms with E-state index in [1.165, 1.54) is 177 Å². The molecule has 0 aromatic heterocycles. The van der Waals surface area contributed by atoms with Crippen molar-refractivity contribution in [2.45, 2.75) is 38.5 Å². The van der Waals surface area contributed by atoms with Gasteiger partial charge in [-0.1, -0.05) is 237 Å². The van der Waals surface area contributed by atoms with Crippen LogP contribution in [0.5, 0.6) is 23.0 Å². The van der Waals surface area contributed by atoms with Gasteiger partial charge in [0.1, 0.15) is 0 Å². The third-order valence-corrected chi connectivity index (χ3v) is 23.0. The van der Waals surface area contributed by atoms with E-state index in [1.807, 2.05) is 36.4 Å². The van der Waals surface area contributed by atoms with Crippen LogP contribution in [0.1, 0.15) is 66.8 Å². The Kier molecular flexibility index (Phi) is 67.1. The van der Waals surface area contributed by atoms with Crippen molar-refractivity contribution >= 4 is 43.1 Å². The molecular formula is C128H130O14Ti5. The van der Waals surface area contributed by atoms with Crippen LogP contribution in [-0.2, 0) is 147 Å². The van der Waals surface area contributed by atoms with Crippen LogP contribution in [-0.4, -0.2) is 151 Å². The van der Waals surface area contributed by atoms with Crippen LogP contribution in [0.3, 0.4) is 0 Å². The van der Waals surface area contributed by atoms with Crippen LogP contribution >= 0.6 is 0 Å². The number of hydrogen-bond donors (Lipinski definition) is 10. The standard InChI is InChI=1S/2C15H13O2.4C13H9.4C9H7.10CH4O.5Ti/c2*1-16-14-8-11-7-10-5-3-4-6-12(10)13(11)9-15(14)17-2;4*1-3-7-12-10(5-1)9-11-6-2-4-8-13(11)12;4*1-2-5-9-7-3-6-8(9)4-1;10*1-2;;;;;/h2*3-6,9H,7H2,1-2H3;4*1-5,7-8H,9H2;4*1-7H;10*2H,1H3;;;;;/q10*-1;;;;;;;;;;;5*+2. The zero-order valence-corrected chi connectivity index (χ0v) is 93.8. The van der Waals surface area contributed by atoms with Crippen molar-refractivity contribution in [3.05, 3.63) is 504 Å². The molecule has 6 aliphatic carbocycles. The van der Waals surface area contributed by atoms with Gasteiger partial charge in [-0.15, -0.1) is 187 Å². The molecule has 0 radical (unpaired) electrons. The van der Waals surface area contributed by atoms with Gasteiger partial charge < -0.3 is 70.0 Å². The molecule has 10 N–H and O–H groups in total. The first-order chi connectivity index (χ1) is 70.3. The number of fused-ring (bicyclic) bond motifs is 22. The Morgan fingerprint density at radius 1 is 0.190 bits per heavy atom. The van der Waals surface area contributed by atoms with Crippen molar-refractivity contribution in [1.82, 2.24) is 0 Å². The minimum Gasteiger partial charge on any atom is -0.551 e. The van der Waals surface area contributed by atoms with Crippen LogP contribution in [0, 0.1) is 36.4 Å². The molecule has 0 unspecified atom stereocenters. The van der Waals surface area contributed by atoms with Crippen molar-refractivity contribution in [3.8, 4) is 89.8 Å². The quantitative estimate of drug-likeness (QED) is 0.0583. The monoisotopic (exact) mass is 2130 g/mol. The first-order valence-corrected chi connectivity index (χ1v) is 46.0. The first-order valence-electron chi connectivity index (χ1n) is 46.0. The summed E-state index contributed by atoms with van der Waals surface area (Å²) < 4.78 is 21.2. The SMILES string of the molecule is CO.CO.CO.CO.CO.CO.CO.CO.CO.CO.COc1[c-]c2c(cc1OC)-c1ccccc1C2.COc1[c-]c2c(cc1OC)-c1ccccc1C2.[Ti+2].[Ti+2].[Ti+2].[Ti+2].[Ti+2].[c-]1cccc2c1Cc1ccccc1-2.[c-]1cccc2c1Cc1ccccc1-2.[c-]1cccc2c1Cc1ccccc1-2.[c-]1cccc2c1Cc1ccccc1-2.c1ccc2[cH-]ccc2c1.c1ccc2[cH-]ccc2c1.c1ccc2[cH-]ccc2c1.c1ccc2[cH-]ccc2c1. The Morgan fingerprint density at radius 2 is 0.367 bits per heavy atom. The Hall–Kier alpha value is -11.7. The summed E-state index contributed by atoms with van der Waals surface area (Å²) in [6.45, 7) is 0. The van der Waals surface area contributed by atoms with E-state index in [4.69, 9.17) is 70.0 Å². The number of rotatable bonds is 4. The second-order valence-corrected chi connectivity index (χ2v) is 30.4. The molecule has 0 fully saturated rings. The molecule has 6 aliphatic rings. The summed E-state index contributed by atoms with van der Waals surface area (Å²) in [7, 11) is 16.6. The number of hydrogen-bond acceptors (Lipinski definition) is 14. The second kappa shape index (κ2) is 75.1. The van der Waals surface area contributed by atoms with Gasteiger partial charge in [0.25, 0.3) is 0 Å². The third kappa shape index (κ3) is 36.4. The summed E-state index contributed by atoms with van der Waals surface area (Å²) >= 11 is 0. The molecule has 0 aliphatic heterocycles. The first kappa shape index (κ1) is 131. The summed E-state index contributed by atoms with van der Waals surface area (Å²) in [5.41, 5.74) is 32.1. The fourth-order valence-electron chi connectivity index (χ4n) is 17.0. The average molecular weight is 2130 g/mol. The Bertz CT molecular complexity index is 5980. The van der Waals surface area contributed by atoms with Crippen molar-refractivity contribution < 1.29 is 179 Å². The van der Waals surface area contributed by atoms with E-state index >= 15 is 0 Å². The van der Waals surface area contributed by atoms with Gasteiger partial charge in [0.2, 0.25) is 0 Å². The van der Waals surface area contributed by atoms with Gasteiger partial charge in [-0.3, -0.25) is 0 Å². The maximum Gasteiger partial charge on any atom is 2.00 e. The van der Waals surface area contributed by atoms with Gasteiger partial charge in [-0.25, -0.2) is 0 Å². The number of aliphatic hydroxyl groups excluding tert-OH is 10. The van der Waals surface area contributed by atoms with Gasteiger partial charge in [-0.05, 0) is 38.5 Å². The predicted octanol–water partition coefficient (Wildman–Crippen LogP) is 24.7. The molecule has 0 atom stereocenters. The average Bonchev–Trinajstić information content (AvgIpc) is 1.63. The van der Waals surface area contributed by atoms with Crippen molar-refractivity contribution in [1.29, 1.82) is 0 Å². The minimum atomic E-state index is 0. The molecule has 19 heteroatoms. The molecular weight excluding hydrogens is 2000 g/mol. The Labute approximate surface area is 944 Å². The van der Waals surface area contributed by atoms with Crippen LogP contribution in [0.15, 0.2) is 400 Å². The summed E-state index contributed by atoms with van der Waals surface area (Å²) in [4.78, 5) is 0. The van der Waals surface area contributed by atoms with E-state index in [0.29, 0.717) is 11.5 Å². The normalized spacial score (nSPS) is 10.0. The summed E-state index contributed by atoms with van der Waals surface area (Å²) in [5.74, 6) is 2.84. The topological polar surface area (TPSA) is 239 Å². The van der Waals surface area contributed by atoms with Crippen LogP contribution in [0.4, 0.5) is 0 Å². The molecule has 147 heavy (non-hydrogen) atoms. The van der Waals surface area contributed by atoms with Gasteiger partial charge >= 0.3 is 109 Å². The smallest absolute Gasteiger partial charge is 0.551 e. The largest absolute Gasteiger partial charge is 2.00 e. The van der Waals surface area contributed by atoms with Gasteiger partial charge in [-0.2, -0.15) is 189 Å². The molecule has 0 amide bonds. The summed E-state index contributed by atoms with van der Waals surface area (Å²) in [5, 5.41) is 80.6. The van der Waals surface area contributed by atoms with E-state index in [9.17, 15) is 0 Å². The molecule has 0 bridgehead atoms. The molecule has 26 rings (SSSR count). The maximum absolute atomic E-state index is 7.00. The third-order valence-electron chi connectivity index (χ3n) is 23.0. The second-order valence-electron chi connectivity index (χ2n) is 30.4. The molecule has 0 saturated carbocycles. The van der Waals surface area contributed by atoms with Crippen LogP contribution in [0.2, 0.25) is 0 Å². The van der Waals surface area contributed by atoms with Crippen LogP contribution in [0.25, 0.3) is 110 Å². The molecule has 0 saturated heterocycles. The zero-order valence-electron chi connectivity index (χ0n) is 86.0. The Morgan fingerprint density at radius 3 is 0.565 bits per heavy atom. The van der Waals surface area contributed by atoms with Crippen molar-refractivity contribution in [2.24, 2.45) is 0 Å². The Balaban J connectivity index is 0.000000542. The predicted molar refractivity (Wildman–Crippen MR) is 587 cm³/mol. The fourth-order valence-corrected chi connectivity index (χ4v) is 17.0. The summed E-state index contributed by atoms with van der Waals surface area (Å²) in [6, 6.07) is 159. The van der Waals surface area contributed by atoms with E-state index < -0.39 is 0 Å². The van der Waals surface area contributed by atoms with Gasteiger partial charge in [0, 0.05) is 94.1 Å². The van der Waals surface area contributed by atoms with E-state index in [0.717, 1.165) is 121 Å². The molecule has 20 aromatic rings. The fraction of sp³-hybridized carbons (Fsp3) is 0.156. The maximum atomic E-state index is 7.00. The minimum absolute atomic E-state index is 0. The number of aliphatic hydroxyl groups is 10. The van der Waals surface area contributed by atoms with Gasteiger partial charge in [0.15, 0.2) is 0 Å². The molecule has 746 valence electrons.